The normalized spacial score (nSPS) is 9.55. The molecule has 1 amide bonds. The summed E-state index contributed by atoms with van der Waals surface area (Å²) in [5.41, 5.74) is 5.25. The number of halogens is 7. The summed E-state index contributed by atoms with van der Waals surface area (Å²) in [6, 6.07) is 13.1. The lowest BCUT2D eigenvalue weighted by Crippen LogP contribution is -2.15. The molecule has 200 valence electrons. The molecule has 0 aliphatic heterocycles. The van der Waals surface area contributed by atoms with Crippen molar-refractivity contribution in [1.82, 2.24) is 9.97 Å². The SMILES string of the molecule is C.Nc1cccnc1Cl.O=C(Cl)c1cccc(F)c1F.O=C(Nc1cccnc1Cl)c1cccc(F)c1F. The van der Waals surface area contributed by atoms with Crippen LogP contribution in [-0.2, 0) is 0 Å². The van der Waals surface area contributed by atoms with Gasteiger partial charge in [-0.05, 0) is 60.1 Å². The fourth-order valence-corrected chi connectivity index (χ4v) is 2.83. The van der Waals surface area contributed by atoms with E-state index in [-0.39, 0.29) is 18.3 Å². The average Bonchev–Trinajstić information content (AvgIpc) is 2.86. The molecule has 38 heavy (non-hydrogen) atoms. The van der Waals surface area contributed by atoms with Crippen LogP contribution >= 0.6 is 34.8 Å². The van der Waals surface area contributed by atoms with Crippen molar-refractivity contribution in [3.63, 3.8) is 0 Å². The minimum atomic E-state index is -1.20. The maximum Gasteiger partial charge on any atom is 0.258 e. The molecule has 0 fully saturated rings. The summed E-state index contributed by atoms with van der Waals surface area (Å²) in [6.45, 7) is 0. The van der Waals surface area contributed by atoms with Crippen LogP contribution in [0.25, 0.3) is 0 Å². The van der Waals surface area contributed by atoms with Gasteiger partial charge in [-0.15, -0.1) is 0 Å². The number of amides is 1. The van der Waals surface area contributed by atoms with E-state index in [2.05, 4.69) is 15.3 Å². The highest BCUT2D eigenvalue weighted by molar-refractivity contribution is 6.67. The number of hydrogen-bond acceptors (Lipinski definition) is 5. The van der Waals surface area contributed by atoms with Gasteiger partial charge in [0.2, 0.25) is 0 Å². The second-order valence-corrected chi connectivity index (χ2v) is 7.72. The first-order valence-corrected chi connectivity index (χ1v) is 11.0. The van der Waals surface area contributed by atoms with E-state index in [0.29, 0.717) is 10.8 Å². The number of rotatable bonds is 3. The van der Waals surface area contributed by atoms with Crippen LogP contribution in [0, 0.1) is 23.3 Å². The topological polar surface area (TPSA) is 98.0 Å². The predicted octanol–water partition coefficient (Wildman–Crippen LogP) is 7.56. The molecule has 0 saturated carbocycles. The van der Waals surface area contributed by atoms with Gasteiger partial charge < -0.3 is 11.1 Å². The summed E-state index contributed by atoms with van der Waals surface area (Å²) in [5.74, 6) is -5.35. The molecule has 2 aromatic heterocycles. The van der Waals surface area contributed by atoms with Gasteiger partial charge >= 0.3 is 0 Å². The highest BCUT2D eigenvalue weighted by atomic mass is 35.5. The molecule has 6 nitrogen and oxygen atoms in total. The van der Waals surface area contributed by atoms with Gasteiger partial charge in [-0.3, -0.25) is 9.59 Å². The Morgan fingerprint density at radius 2 is 1.24 bits per heavy atom. The van der Waals surface area contributed by atoms with Crippen LogP contribution < -0.4 is 11.1 Å². The minimum absolute atomic E-state index is 0. The number of hydrogen-bond donors (Lipinski definition) is 2. The van der Waals surface area contributed by atoms with Gasteiger partial charge in [0, 0.05) is 12.4 Å². The molecule has 0 radical (unpaired) electrons. The summed E-state index contributed by atoms with van der Waals surface area (Å²) in [4.78, 5) is 29.6. The Labute approximate surface area is 230 Å². The molecule has 0 unspecified atom stereocenters. The first-order valence-electron chi connectivity index (χ1n) is 9.88. The number of anilines is 2. The first kappa shape index (κ1) is 32.3. The molecule has 0 aliphatic rings. The molecule has 0 spiro atoms. The van der Waals surface area contributed by atoms with E-state index < -0.39 is 45.5 Å². The average molecular weight is 590 g/mol. The third kappa shape index (κ3) is 9.29. The molecule has 0 bridgehead atoms. The second kappa shape index (κ2) is 15.5. The molecular weight excluding hydrogens is 571 g/mol. The standard InChI is InChI=1S/C12H7ClF2N2O.C7H3ClF2O.C5H5ClN2.CH4/c13-11-9(5-2-6-16-11)17-12(18)7-3-1-4-8(14)10(7)15;8-7(11)4-2-1-3-5(9)6(4)10;6-5-4(7)2-1-3-8-5;/h1-6H,(H,17,18);1-3H;1-3H,7H2;1H4. The van der Waals surface area contributed by atoms with Crippen LogP contribution in [0.2, 0.25) is 10.3 Å². The first-order chi connectivity index (χ1) is 17.5. The Morgan fingerprint density at radius 3 is 1.68 bits per heavy atom. The predicted molar refractivity (Wildman–Crippen MR) is 140 cm³/mol. The molecule has 13 heteroatoms. The van der Waals surface area contributed by atoms with Crippen LogP contribution in [0.5, 0.6) is 0 Å². The molecule has 2 heterocycles. The van der Waals surface area contributed by atoms with E-state index in [1.807, 2.05) is 0 Å². The molecule has 0 atom stereocenters. The summed E-state index contributed by atoms with van der Waals surface area (Å²) in [5, 5.41) is 1.80. The Hall–Kier alpha value is -3.73. The van der Waals surface area contributed by atoms with E-state index in [9.17, 15) is 27.2 Å². The minimum Gasteiger partial charge on any atom is -0.396 e. The highest BCUT2D eigenvalue weighted by Gasteiger charge is 2.16. The lowest BCUT2D eigenvalue weighted by atomic mass is 10.2. The summed E-state index contributed by atoms with van der Waals surface area (Å²) in [7, 11) is 0. The van der Waals surface area contributed by atoms with Crippen molar-refractivity contribution in [3.05, 3.63) is 118 Å². The van der Waals surface area contributed by atoms with Crippen LogP contribution in [0.4, 0.5) is 28.9 Å². The van der Waals surface area contributed by atoms with Crippen molar-refractivity contribution in [1.29, 1.82) is 0 Å². The number of carbonyl (C=O) groups excluding carboxylic acids is 2. The van der Waals surface area contributed by atoms with Gasteiger partial charge in [0.25, 0.3) is 11.1 Å². The zero-order valence-electron chi connectivity index (χ0n) is 18.4. The number of nitrogens with two attached hydrogens (primary N) is 1. The van der Waals surface area contributed by atoms with Crippen LogP contribution in [0.15, 0.2) is 73.1 Å². The zero-order chi connectivity index (χ0) is 27.5. The maximum atomic E-state index is 13.4. The van der Waals surface area contributed by atoms with E-state index in [4.69, 9.17) is 40.5 Å². The second-order valence-electron chi connectivity index (χ2n) is 6.66. The summed E-state index contributed by atoms with van der Waals surface area (Å²) in [6.07, 6.45) is 3.04. The number of carbonyl (C=O) groups is 2. The fraction of sp³-hybridized carbons (Fsp3) is 0.0400. The van der Waals surface area contributed by atoms with Gasteiger partial charge in [0.1, 0.15) is 0 Å². The quantitative estimate of drug-likeness (QED) is 0.146. The Morgan fingerprint density at radius 1 is 0.737 bits per heavy atom. The maximum absolute atomic E-state index is 13.4. The molecule has 4 rings (SSSR count). The Bertz CT molecular complexity index is 1390. The molecule has 4 aromatic rings. The smallest absolute Gasteiger partial charge is 0.258 e. The number of nitrogen functional groups attached to an aromatic ring is 1. The van der Waals surface area contributed by atoms with E-state index in [1.54, 1.807) is 24.4 Å². The van der Waals surface area contributed by atoms with Crippen molar-refractivity contribution in [3.8, 4) is 0 Å². The number of aromatic nitrogens is 2. The number of nitrogens with zero attached hydrogens (tertiary/aromatic N) is 2. The molecular formula is C25H19Cl3F4N4O2. The van der Waals surface area contributed by atoms with Crippen LogP contribution in [-0.4, -0.2) is 21.1 Å². The molecule has 3 N–H and O–H groups in total. The third-order valence-corrected chi connectivity index (χ3v) is 4.98. The largest absolute Gasteiger partial charge is 0.396 e. The van der Waals surface area contributed by atoms with Gasteiger partial charge in [0.15, 0.2) is 33.6 Å². The monoisotopic (exact) mass is 588 g/mol. The lowest BCUT2D eigenvalue weighted by Gasteiger charge is -2.07. The van der Waals surface area contributed by atoms with Gasteiger partial charge in [0.05, 0.1) is 22.5 Å². The number of pyridine rings is 2. The van der Waals surface area contributed by atoms with Crippen molar-refractivity contribution >= 4 is 57.3 Å². The van der Waals surface area contributed by atoms with E-state index in [0.717, 1.165) is 18.2 Å². The van der Waals surface area contributed by atoms with Gasteiger partial charge in [-0.2, -0.15) is 0 Å². The molecule has 0 saturated heterocycles. The zero-order valence-corrected chi connectivity index (χ0v) is 20.6. The van der Waals surface area contributed by atoms with E-state index >= 15 is 0 Å². The lowest BCUT2D eigenvalue weighted by molar-refractivity contribution is 0.102. The van der Waals surface area contributed by atoms with Crippen molar-refractivity contribution in [2.45, 2.75) is 7.43 Å². The number of benzene rings is 2. The molecule has 0 aliphatic carbocycles. The van der Waals surface area contributed by atoms with Crippen LogP contribution in [0.1, 0.15) is 28.1 Å². The number of nitrogens with one attached hydrogen (secondary N) is 1. The Kier molecular flexibility index (Phi) is 13.2. The van der Waals surface area contributed by atoms with E-state index in [1.165, 1.54) is 30.5 Å². The Balaban J connectivity index is 0.000000309. The molecule has 2 aromatic carbocycles. The van der Waals surface area contributed by atoms with Crippen molar-refractivity contribution < 1.29 is 27.2 Å². The van der Waals surface area contributed by atoms with Crippen molar-refractivity contribution in [2.24, 2.45) is 0 Å². The fourth-order valence-electron chi connectivity index (χ4n) is 2.40. The van der Waals surface area contributed by atoms with Gasteiger partial charge in [-0.1, -0.05) is 42.8 Å². The highest BCUT2D eigenvalue weighted by Crippen LogP contribution is 2.20. The third-order valence-electron chi connectivity index (χ3n) is 4.15. The van der Waals surface area contributed by atoms with Gasteiger partial charge in [-0.25, -0.2) is 27.5 Å². The summed E-state index contributed by atoms with van der Waals surface area (Å²) < 4.78 is 51.3. The van der Waals surface area contributed by atoms with Crippen molar-refractivity contribution in [2.75, 3.05) is 11.1 Å². The summed E-state index contributed by atoms with van der Waals surface area (Å²) >= 11 is 16.1. The van der Waals surface area contributed by atoms with Crippen LogP contribution in [0.3, 0.4) is 0 Å².